The molecule has 0 bridgehead atoms. The number of carbonyl (C=O) groups excluding carboxylic acids is 1. The number of nitrogens with zero attached hydrogens (tertiary/aromatic N) is 1. The summed E-state index contributed by atoms with van der Waals surface area (Å²) in [4.78, 5) is 16.2. The molecule has 140 valence electrons. The van der Waals surface area contributed by atoms with Crippen LogP contribution in [0.2, 0.25) is 0 Å². The van der Waals surface area contributed by atoms with Crippen molar-refractivity contribution >= 4 is 22.5 Å². The molecule has 0 fully saturated rings. The number of primary amides is 1. The summed E-state index contributed by atoms with van der Waals surface area (Å²) in [6.45, 7) is 2.71. The normalized spacial score (nSPS) is 12.0. The standard InChI is InChI=1S/C21H24N4O2/c1-13-11-24-20-16(8-5-9-17(20)21(22)26)19(13)25-18(12-23-2)14-6-4-7-15(10-14)27-3/h4-11,18,23H,12H2,1-3H3,(H2,22,26)(H,24,25)/t18-/m1/s1. The highest BCUT2D eigenvalue weighted by Gasteiger charge is 2.17. The monoisotopic (exact) mass is 364 g/mol. The largest absolute Gasteiger partial charge is 0.497 e. The van der Waals surface area contributed by atoms with E-state index >= 15 is 0 Å². The number of ether oxygens (including phenoxy) is 1. The molecule has 0 saturated heterocycles. The number of amides is 1. The Kier molecular flexibility index (Phi) is 5.57. The summed E-state index contributed by atoms with van der Waals surface area (Å²) in [7, 11) is 3.57. The molecular weight excluding hydrogens is 340 g/mol. The number of likely N-dealkylation sites (N-methyl/N-ethyl adjacent to an activating group) is 1. The van der Waals surface area contributed by atoms with Crippen molar-refractivity contribution in [3.8, 4) is 5.75 Å². The number of fused-ring (bicyclic) bond motifs is 1. The van der Waals surface area contributed by atoms with Gasteiger partial charge < -0.3 is 21.1 Å². The second-order valence-corrected chi connectivity index (χ2v) is 6.41. The molecule has 0 aliphatic rings. The van der Waals surface area contributed by atoms with E-state index in [0.717, 1.165) is 28.0 Å². The number of carbonyl (C=O) groups is 1. The molecule has 4 N–H and O–H groups in total. The summed E-state index contributed by atoms with van der Waals surface area (Å²) in [6, 6.07) is 13.5. The van der Waals surface area contributed by atoms with Gasteiger partial charge in [-0.1, -0.05) is 24.3 Å². The Morgan fingerprint density at radius 1 is 1.26 bits per heavy atom. The first-order chi connectivity index (χ1) is 13.0. The molecule has 1 heterocycles. The van der Waals surface area contributed by atoms with Gasteiger partial charge in [-0.05, 0) is 43.3 Å². The van der Waals surface area contributed by atoms with Crippen molar-refractivity contribution in [2.75, 3.05) is 26.0 Å². The third-order valence-electron chi connectivity index (χ3n) is 4.58. The highest BCUT2D eigenvalue weighted by Crippen LogP contribution is 2.31. The van der Waals surface area contributed by atoms with E-state index in [1.54, 1.807) is 19.4 Å². The summed E-state index contributed by atoms with van der Waals surface area (Å²) in [5.41, 5.74) is 9.57. The first-order valence-corrected chi connectivity index (χ1v) is 8.78. The zero-order valence-corrected chi connectivity index (χ0v) is 15.7. The van der Waals surface area contributed by atoms with Crippen LogP contribution in [0.5, 0.6) is 5.75 Å². The van der Waals surface area contributed by atoms with Crippen molar-refractivity contribution < 1.29 is 9.53 Å². The van der Waals surface area contributed by atoms with Crippen LogP contribution in [-0.4, -0.2) is 31.6 Å². The molecule has 1 amide bonds. The van der Waals surface area contributed by atoms with Gasteiger partial charge in [0.15, 0.2) is 0 Å². The fourth-order valence-corrected chi connectivity index (χ4v) is 3.20. The van der Waals surface area contributed by atoms with Gasteiger partial charge in [0.05, 0.1) is 24.2 Å². The maximum absolute atomic E-state index is 11.8. The average Bonchev–Trinajstić information content (AvgIpc) is 2.68. The summed E-state index contributed by atoms with van der Waals surface area (Å²) in [6.07, 6.45) is 1.76. The Morgan fingerprint density at radius 3 is 2.74 bits per heavy atom. The number of rotatable bonds is 7. The van der Waals surface area contributed by atoms with Crippen LogP contribution in [0.3, 0.4) is 0 Å². The van der Waals surface area contributed by atoms with E-state index < -0.39 is 5.91 Å². The van der Waals surface area contributed by atoms with Crippen LogP contribution in [0.4, 0.5) is 5.69 Å². The number of nitrogens with two attached hydrogens (primary N) is 1. The molecule has 0 radical (unpaired) electrons. The Labute approximate surface area is 158 Å². The van der Waals surface area contributed by atoms with Gasteiger partial charge in [-0.25, -0.2) is 0 Å². The number of nitrogens with one attached hydrogen (secondary N) is 2. The Morgan fingerprint density at radius 2 is 2.04 bits per heavy atom. The van der Waals surface area contributed by atoms with Crippen LogP contribution in [0.25, 0.3) is 10.9 Å². The van der Waals surface area contributed by atoms with Gasteiger partial charge in [-0.2, -0.15) is 0 Å². The van der Waals surface area contributed by atoms with Gasteiger partial charge >= 0.3 is 0 Å². The molecule has 0 aliphatic heterocycles. The van der Waals surface area contributed by atoms with Crippen molar-refractivity contribution in [3.63, 3.8) is 0 Å². The molecule has 1 aromatic heterocycles. The van der Waals surface area contributed by atoms with Crippen LogP contribution in [0, 0.1) is 6.92 Å². The first kappa shape index (κ1) is 18.7. The predicted molar refractivity (Wildman–Crippen MR) is 108 cm³/mol. The van der Waals surface area contributed by atoms with Gasteiger partial charge in [0.25, 0.3) is 5.91 Å². The lowest BCUT2D eigenvalue weighted by atomic mass is 10.0. The molecule has 0 spiro atoms. The lowest BCUT2D eigenvalue weighted by Gasteiger charge is -2.23. The molecule has 0 aliphatic carbocycles. The highest BCUT2D eigenvalue weighted by atomic mass is 16.5. The zero-order chi connectivity index (χ0) is 19.4. The van der Waals surface area contributed by atoms with Gasteiger partial charge in [0.1, 0.15) is 5.75 Å². The summed E-state index contributed by atoms with van der Waals surface area (Å²) in [5.74, 6) is 0.324. The smallest absolute Gasteiger partial charge is 0.250 e. The number of benzene rings is 2. The third kappa shape index (κ3) is 3.85. The van der Waals surface area contributed by atoms with E-state index in [1.165, 1.54) is 0 Å². The Balaban J connectivity index is 2.08. The van der Waals surface area contributed by atoms with Crippen molar-refractivity contribution in [3.05, 3.63) is 65.4 Å². The number of aryl methyl sites for hydroxylation is 1. The molecule has 27 heavy (non-hydrogen) atoms. The summed E-state index contributed by atoms with van der Waals surface area (Å²) >= 11 is 0. The van der Waals surface area contributed by atoms with Crippen LogP contribution in [0.15, 0.2) is 48.7 Å². The maximum atomic E-state index is 11.8. The van der Waals surface area contributed by atoms with Crippen LogP contribution >= 0.6 is 0 Å². The minimum Gasteiger partial charge on any atom is -0.497 e. The molecule has 3 rings (SSSR count). The third-order valence-corrected chi connectivity index (χ3v) is 4.58. The molecular formula is C21H24N4O2. The van der Waals surface area contributed by atoms with E-state index in [4.69, 9.17) is 10.5 Å². The zero-order valence-electron chi connectivity index (χ0n) is 15.7. The molecule has 0 saturated carbocycles. The van der Waals surface area contributed by atoms with Crippen molar-refractivity contribution in [2.45, 2.75) is 13.0 Å². The second-order valence-electron chi connectivity index (χ2n) is 6.41. The van der Waals surface area contributed by atoms with Crippen LogP contribution < -0.4 is 21.1 Å². The number of methoxy groups -OCH3 is 1. The number of hydrogen-bond acceptors (Lipinski definition) is 5. The predicted octanol–water partition coefficient (Wildman–Crippen LogP) is 3.02. The van der Waals surface area contributed by atoms with E-state index in [1.807, 2.05) is 44.3 Å². The van der Waals surface area contributed by atoms with Gasteiger partial charge in [0, 0.05) is 23.8 Å². The van der Waals surface area contributed by atoms with E-state index in [0.29, 0.717) is 17.6 Å². The van der Waals surface area contributed by atoms with Gasteiger partial charge in [-0.15, -0.1) is 0 Å². The fourth-order valence-electron chi connectivity index (χ4n) is 3.20. The summed E-state index contributed by atoms with van der Waals surface area (Å²) < 4.78 is 5.36. The SMILES string of the molecule is CNC[C@@H](Nc1c(C)cnc2c(C(N)=O)cccc12)c1cccc(OC)c1. The minimum absolute atomic E-state index is 0.00614. The van der Waals surface area contributed by atoms with E-state index in [2.05, 4.69) is 21.7 Å². The van der Waals surface area contributed by atoms with Gasteiger partial charge in [-0.3, -0.25) is 9.78 Å². The number of aromatic nitrogens is 1. The number of para-hydroxylation sites is 1. The Bertz CT molecular complexity index is 972. The summed E-state index contributed by atoms with van der Waals surface area (Å²) in [5, 5.41) is 7.71. The lowest BCUT2D eigenvalue weighted by Crippen LogP contribution is -2.24. The highest BCUT2D eigenvalue weighted by molar-refractivity contribution is 6.07. The van der Waals surface area contributed by atoms with Crippen molar-refractivity contribution in [2.24, 2.45) is 5.73 Å². The lowest BCUT2D eigenvalue weighted by molar-refractivity contribution is 0.100. The van der Waals surface area contributed by atoms with Crippen molar-refractivity contribution in [1.82, 2.24) is 10.3 Å². The van der Waals surface area contributed by atoms with Crippen molar-refractivity contribution in [1.29, 1.82) is 0 Å². The molecule has 3 aromatic rings. The van der Waals surface area contributed by atoms with E-state index in [9.17, 15) is 4.79 Å². The van der Waals surface area contributed by atoms with Crippen LogP contribution in [0.1, 0.15) is 27.5 Å². The Hall–Kier alpha value is -3.12. The molecule has 1 atom stereocenters. The topological polar surface area (TPSA) is 89.3 Å². The fraction of sp³-hybridized carbons (Fsp3) is 0.238. The molecule has 2 aromatic carbocycles. The van der Waals surface area contributed by atoms with E-state index in [-0.39, 0.29) is 6.04 Å². The minimum atomic E-state index is -0.484. The van der Waals surface area contributed by atoms with Crippen LogP contribution in [-0.2, 0) is 0 Å². The average molecular weight is 364 g/mol. The first-order valence-electron chi connectivity index (χ1n) is 8.78. The quantitative estimate of drug-likeness (QED) is 0.600. The second kappa shape index (κ2) is 8.05. The molecule has 0 unspecified atom stereocenters. The maximum Gasteiger partial charge on any atom is 0.250 e. The number of hydrogen-bond donors (Lipinski definition) is 3. The molecule has 6 heteroatoms. The number of anilines is 1. The number of pyridine rings is 1. The molecule has 6 nitrogen and oxygen atoms in total. The van der Waals surface area contributed by atoms with Gasteiger partial charge in [0.2, 0.25) is 0 Å².